The summed E-state index contributed by atoms with van der Waals surface area (Å²) in [4.78, 5) is 11.5. The van der Waals surface area contributed by atoms with Crippen molar-refractivity contribution < 1.29 is 14.3 Å². The Morgan fingerprint density at radius 3 is 2.58 bits per heavy atom. The van der Waals surface area contributed by atoms with E-state index in [1.165, 1.54) is 14.2 Å². The van der Waals surface area contributed by atoms with Crippen molar-refractivity contribution in [2.75, 3.05) is 14.2 Å². The lowest BCUT2D eigenvalue weighted by Gasteiger charge is -2.03. The van der Waals surface area contributed by atoms with E-state index in [4.69, 9.17) is 4.74 Å². The number of hydrogen-bond acceptors (Lipinski definition) is 4. The van der Waals surface area contributed by atoms with Crippen LogP contribution in [0.3, 0.4) is 0 Å². The Morgan fingerprint density at radius 2 is 2.11 bits per heavy atom. The monoisotopic (exact) mass is 326 g/mol. The molecule has 1 aromatic heterocycles. The number of nitrogens with one attached hydrogen (secondary N) is 1. The summed E-state index contributed by atoms with van der Waals surface area (Å²) in [5.41, 5.74) is 1.40. The van der Waals surface area contributed by atoms with Crippen molar-refractivity contribution in [2.45, 2.75) is 6.92 Å². The Hall–Kier alpha value is -1.82. The molecule has 5 nitrogen and oxygen atoms in total. The smallest absolute Gasteiger partial charge is 0.360 e. The number of aromatic amines is 1. The van der Waals surface area contributed by atoms with E-state index in [2.05, 4.69) is 37.4 Å². The topological polar surface area (TPSA) is 64.2 Å². The fraction of sp³-hybridized carbons (Fsp3) is 0.231. The summed E-state index contributed by atoms with van der Waals surface area (Å²) in [6, 6.07) is 0. The molecule has 1 N–H and O–H groups in total. The molecule has 0 bridgehead atoms. The second kappa shape index (κ2) is 6.94. The third-order valence-electron chi connectivity index (χ3n) is 2.30. The maximum Gasteiger partial charge on any atom is 0.360 e. The van der Waals surface area contributed by atoms with Crippen LogP contribution < -0.4 is 4.74 Å². The van der Waals surface area contributed by atoms with E-state index in [1.54, 1.807) is 6.08 Å². The van der Waals surface area contributed by atoms with Gasteiger partial charge in [-0.05, 0) is 11.4 Å². The van der Waals surface area contributed by atoms with Gasteiger partial charge in [-0.15, -0.1) is 0 Å². The highest BCUT2D eigenvalue weighted by molar-refractivity contribution is 9.11. The Bertz CT molecular complexity index is 540. The minimum absolute atomic E-state index is 0.173. The highest BCUT2D eigenvalue weighted by Gasteiger charge is 2.21. The number of carbonyl (C=O) groups excluding carboxylic acids is 1. The number of aromatic nitrogens is 2. The second-order valence-electron chi connectivity index (χ2n) is 3.55. The average molecular weight is 327 g/mol. The summed E-state index contributed by atoms with van der Waals surface area (Å²) >= 11 is 3.33. The summed E-state index contributed by atoms with van der Waals surface area (Å²) in [6.45, 7) is 5.63. The summed E-state index contributed by atoms with van der Waals surface area (Å²) in [5.74, 6) is -0.204. The van der Waals surface area contributed by atoms with Gasteiger partial charge in [0.25, 0.3) is 0 Å². The van der Waals surface area contributed by atoms with Crippen molar-refractivity contribution in [1.82, 2.24) is 10.2 Å². The zero-order valence-electron chi connectivity index (χ0n) is 11.0. The molecule has 0 unspecified atom stereocenters. The molecule has 0 fully saturated rings. The van der Waals surface area contributed by atoms with Crippen molar-refractivity contribution in [3.63, 3.8) is 0 Å². The number of hydrogen-bond donors (Lipinski definition) is 1. The first kappa shape index (κ1) is 15.2. The van der Waals surface area contributed by atoms with Crippen LogP contribution in [0.1, 0.15) is 23.1 Å². The van der Waals surface area contributed by atoms with Gasteiger partial charge in [-0.2, -0.15) is 5.10 Å². The van der Waals surface area contributed by atoms with E-state index in [9.17, 15) is 4.79 Å². The lowest BCUT2D eigenvalue weighted by atomic mass is 10.1. The molecule has 1 aromatic rings. The molecule has 0 aliphatic heterocycles. The Morgan fingerprint density at radius 1 is 1.42 bits per heavy atom. The number of rotatable bonds is 5. The van der Waals surface area contributed by atoms with Gasteiger partial charge in [-0.1, -0.05) is 40.7 Å². The number of carbonyl (C=O) groups is 1. The zero-order valence-corrected chi connectivity index (χ0v) is 12.6. The molecule has 0 aliphatic carbocycles. The molecule has 19 heavy (non-hydrogen) atoms. The van der Waals surface area contributed by atoms with E-state index in [0.717, 1.165) is 10.1 Å². The fourth-order valence-electron chi connectivity index (χ4n) is 1.41. The Kier molecular flexibility index (Phi) is 5.57. The van der Waals surface area contributed by atoms with E-state index in [1.807, 2.05) is 19.1 Å². The highest BCUT2D eigenvalue weighted by atomic mass is 79.9. The van der Waals surface area contributed by atoms with Gasteiger partial charge in [0.15, 0.2) is 11.4 Å². The fourth-order valence-corrected chi connectivity index (χ4v) is 1.55. The number of halogens is 1. The SMILES string of the molecule is C=C/C(=C\C=C(/C)Br)c1n[nH]c(C(=O)OC)c1OC. The molecule has 102 valence electrons. The minimum atomic E-state index is -0.536. The predicted molar refractivity (Wildman–Crippen MR) is 77.3 cm³/mol. The molecule has 0 amide bonds. The van der Waals surface area contributed by atoms with Gasteiger partial charge in [0.1, 0.15) is 5.69 Å². The van der Waals surface area contributed by atoms with Crippen LogP contribution in [0.15, 0.2) is 29.3 Å². The number of esters is 1. The van der Waals surface area contributed by atoms with Gasteiger partial charge < -0.3 is 9.47 Å². The van der Waals surface area contributed by atoms with Crippen molar-refractivity contribution in [2.24, 2.45) is 0 Å². The molecule has 0 saturated heterocycles. The molecule has 0 saturated carbocycles. The van der Waals surface area contributed by atoms with Crippen molar-refractivity contribution in [3.8, 4) is 5.75 Å². The summed E-state index contributed by atoms with van der Waals surface area (Å²) in [5, 5.41) is 6.68. The third-order valence-corrected chi connectivity index (χ3v) is 2.57. The van der Waals surface area contributed by atoms with E-state index >= 15 is 0 Å². The number of allylic oxidation sites excluding steroid dienone is 5. The summed E-state index contributed by atoms with van der Waals surface area (Å²) < 4.78 is 10.8. The standard InChI is InChI=1S/C13H15BrN2O3/c1-5-9(7-6-8(2)14)10-12(18-3)11(16-15-10)13(17)19-4/h5-7H,1H2,2-4H3,(H,15,16)/b8-6+,9-7+. The second-order valence-corrected chi connectivity index (χ2v) is 4.80. The normalized spacial score (nSPS) is 12.2. The van der Waals surface area contributed by atoms with Crippen LogP contribution in [-0.2, 0) is 4.74 Å². The zero-order chi connectivity index (χ0) is 14.4. The Balaban J connectivity index is 3.30. The van der Waals surface area contributed by atoms with Crippen LogP contribution in [-0.4, -0.2) is 30.4 Å². The van der Waals surface area contributed by atoms with Crippen LogP contribution in [0.25, 0.3) is 5.57 Å². The van der Waals surface area contributed by atoms with Gasteiger partial charge in [-0.3, -0.25) is 5.10 Å². The van der Waals surface area contributed by atoms with Gasteiger partial charge >= 0.3 is 5.97 Å². The van der Waals surface area contributed by atoms with Gasteiger partial charge in [0.2, 0.25) is 0 Å². The van der Waals surface area contributed by atoms with E-state index < -0.39 is 5.97 Å². The summed E-state index contributed by atoms with van der Waals surface area (Å²) in [6.07, 6.45) is 5.30. The quantitative estimate of drug-likeness (QED) is 0.667. The Labute approximate surface area is 120 Å². The van der Waals surface area contributed by atoms with Gasteiger partial charge in [-0.25, -0.2) is 4.79 Å². The highest BCUT2D eigenvalue weighted by Crippen LogP contribution is 2.28. The molecule has 6 heteroatoms. The summed E-state index contributed by atoms with van der Waals surface area (Å²) in [7, 11) is 2.76. The first-order valence-corrected chi connectivity index (χ1v) is 6.22. The first-order valence-electron chi connectivity index (χ1n) is 5.42. The van der Waals surface area contributed by atoms with E-state index in [-0.39, 0.29) is 5.69 Å². The number of methoxy groups -OCH3 is 2. The van der Waals surface area contributed by atoms with Crippen LogP contribution in [0, 0.1) is 0 Å². The third kappa shape index (κ3) is 3.57. The maximum atomic E-state index is 11.5. The van der Waals surface area contributed by atoms with Crippen molar-refractivity contribution >= 4 is 27.5 Å². The molecule has 0 aromatic carbocycles. The number of H-pyrrole nitrogens is 1. The average Bonchev–Trinajstić information content (AvgIpc) is 2.82. The molecule has 1 heterocycles. The minimum Gasteiger partial charge on any atom is -0.492 e. The van der Waals surface area contributed by atoms with Gasteiger partial charge in [0.05, 0.1) is 14.2 Å². The molecular weight excluding hydrogens is 312 g/mol. The van der Waals surface area contributed by atoms with Crippen LogP contribution in [0.2, 0.25) is 0 Å². The van der Waals surface area contributed by atoms with Gasteiger partial charge in [0, 0.05) is 5.57 Å². The largest absolute Gasteiger partial charge is 0.492 e. The predicted octanol–water partition coefficient (Wildman–Crippen LogP) is 3.07. The van der Waals surface area contributed by atoms with Crippen LogP contribution in [0.4, 0.5) is 0 Å². The molecule has 0 atom stereocenters. The molecule has 0 radical (unpaired) electrons. The van der Waals surface area contributed by atoms with Crippen molar-refractivity contribution in [3.05, 3.63) is 40.7 Å². The maximum absolute atomic E-state index is 11.5. The van der Waals surface area contributed by atoms with Crippen molar-refractivity contribution in [1.29, 1.82) is 0 Å². The number of ether oxygens (including phenoxy) is 2. The molecular formula is C13H15BrN2O3. The molecule has 1 rings (SSSR count). The molecule has 0 aliphatic rings. The number of nitrogens with zero attached hydrogens (tertiary/aromatic N) is 1. The lowest BCUT2D eigenvalue weighted by molar-refractivity contribution is 0.0590. The molecule has 0 spiro atoms. The van der Waals surface area contributed by atoms with Crippen LogP contribution >= 0.6 is 15.9 Å². The first-order chi connectivity index (χ1) is 9.04. The lowest BCUT2D eigenvalue weighted by Crippen LogP contribution is -2.03. The van der Waals surface area contributed by atoms with Crippen LogP contribution in [0.5, 0.6) is 5.75 Å². The van der Waals surface area contributed by atoms with E-state index in [0.29, 0.717) is 11.4 Å².